The van der Waals surface area contributed by atoms with Crippen LogP contribution in [0, 0.1) is 19.7 Å². The largest absolute Gasteiger partial charge is 0.471 e. The third kappa shape index (κ3) is 4.19. The molecule has 5 nitrogen and oxygen atoms in total. The van der Waals surface area contributed by atoms with E-state index in [0.29, 0.717) is 17.3 Å². The molecule has 2 heterocycles. The summed E-state index contributed by atoms with van der Waals surface area (Å²) in [6.45, 7) is 4.01. The number of pyridine rings is 1. The van der Waals surface area contributed by atoms with Crippen LogP contribution in [0.5, 0.6) is 5.88 Å². The molecule has 2 aromatic heterocycles. The number of aryl methyl sites for hydroxylation is 2. The van der Waals surface area contributed by atoms with Gasteiger partial charge in [-0.05, 0) is 43.2 Å². The first kappa shape index (κ1) is 17.9. The molecule has 0 unspecified atom stereocenters. The Morgan fingerprint density at radius 1 is 1.15 bits per heavy atom. The molecule has 0 aliphatic heterocycles. The van der Waals surface area contributed by atoms with Crippen LogP contribution in [0.2, 0.25) is 0 Å². The summed E-state index contributed by atoms with van der Waals surface area (Å²) in [6.07, 6.45) is -1.67. The Bertz CT molecular complexity index is 911. The van der Waals surface area contributed by atoms with Crippen molar-refractivity contribution in [2.45, 2.75) is 33.3 Å². The summed E-state index contributed by atoms with van der Waals surface area (Å²) in [5.74, 6) is -0.192. The summed E-state index contributed by atoms with van der Waals surface area (Å²) in [5.41, 5.74) is 2.86. The fourth-order valence-electron chi connectivity index (χ4n) is 2.35. The molecule has 3 rings (SSSR count). The third-order valence-electron chi connectivity index (χ3n) is 3.90. The van der Waals surface area contributed by atoms with E-state index in [-0.39, 0.29) is 12.2 Å². The van der Waals surface area contributed by atoms with Crippen LogP contribution in [0.3, 0.4) is 0 Å². The topological polar surface area (TPSA) is 52.8 Å². The number of hydrogen-bond donors (Lipinski definition) is 0. The first-order chi connectivity index (χ1) is 12.4. The minimum Gasteiger partial charge on any atom is -0.471 e. The lowest BCUT2D eigenvalue weighted by Gasteiger charge is -2.06. The summed E-state index contributed by atoms with van der Waals surface area (Å²) in [5, 5.41) is 7.92. The highest BCUT2D eigenvalue weighted by molar-refractivity contribution is 5.36. The van der Waals surface area contributed by atoms with E-state index >= 15 is 0 Å². The van der Waals surface area contributed by atoms with Gasteiger partial charge in [-0.25, -0.2) is 22.8 Å². The fourth-order valence-corrected chi connectivity index (χ4v) is 2.35. The molecule has 8 heteroatoms. The summed E-state index contributed by atoms with van der Waals surface area (Å²) in [4.78, 5) is 4.31. The van der Waals surface area contributed by atoms with Crippen LogP contribution in [0.15, 0.2) is 36.5 Å². The molecule has 136 valence electrons. The molecular weight excluding hydrogens is 345 g/mol. The second-order valence-corrected chi connectivity index (χ2v) is 5.87. The van der Waals surface area contributed by atoms with Gasteiger partial charge in [0.1, 0.15) is 18.1 Å². The van der Waals surface area contributed by atoms with E-state index in [2.05, 4.69) is 15.3 Å². The molecule has 0 amide bonds. The first-order valence-corrected chi connectivity index (χ1v) is 7.97. The Morgan fingerprint density at radius 3 is 2.69 bits per heavy atom. The molecule has 0 atom stereocenters. The van der Waals surface area contributed by atoms with Crippen molar-refractivity contribution in [3.8, 4) is 11.6 Å². The zero-order chi connectivity index (χ0) is 18.7. The highest BCUT2D eigenvalue weighted by Crippen LogP contribution is 2.18. The van der Waals surface area contributed by atoms with Crippen molar-refractivity contribution in [3.05, 3.63) is 64.9 Å². The molecule has 0 spiro atoms. The average molecular weight is 362 g/mol. The number of ether oxygens (including phenoxy) is 1. The van der Waals surface area contributed by atoms with Crippen molar-refractivity contribution >= 4 is 0 Å². The molecule has 0 saturated heterocycles. The summed E-state index contributed by atoms with van der Waals surface area (Å²) < 4.78 is 45.7. The lowest BCUT2D eigenvalue weighted by Crippen LogP contribution is -2.03. The Balaban J connectivity index is 1.72. The maximum Gasteiger partial charge on any atom is 0.242 e. The van der Waals surface area contributed by atoms with Gasteiger partial charge < -0.3 is 4.74 Å². The van der Waals surface area contributed by atoms with Crippen LogP contribution < -0.4 is 4.74 Å². The van der Waals surface area contributed by atoms with Crippen molar-refractivity contribution in [1.82, 2.24) is 20.0 Å². The van der Waals surface area contributed by atoms with Gasteiger partial charge in [-0.1, -0.05) is 11.3 Å². The van der Waals surface area contributed by atoms with Gasteiger partial charge >= 0.3 is 0 Å². The second-order valence-electron chi connectivity index (χ2n) is 5.87. The molecule has 0 radical (unpaired) electrons. The number of rotatable bonds is 6. The number of benzene rings is 1. The van der Waals surface area contributed by atoms with E-state index in [1.54, 1.807) is 12.3 Å². The van der Waals surface area contributed by atoms with Gasteiger partial charge in [0.05, 0.1) is 11.9 Å². The molecule has 0 saturated carbocycles. The predicted octanol–water partition coefficient (Wildman–Crippen LogP) is 3.80. The number of nitrogens with zero attached hydrogens (tertiary/aromatic N) is 4. The highest BCUT2D eigenvalue weighted by atomic mass is 19.3. The molecule has 0 aliphatic carbocycles. The molecule has 0 aliphatic rings. The minimum atomic E-state index is -2.62. The van der Waals surface area contributed by atoms with Crippen LogP contribution in [0.4, 0.5) is 13.2 Å². The van der Waals surface area contributed by atoms with Gasteiger partial charge in [0.25, 0.3) is 0 Å². The molecule has 0 bridgehead atoms. The lowest BCUT2D eigenvalue weighted by atomic mass is 10.1. The number of aromatic nitrogens is 4. The summed E-state index contributed by atoms with van der Waals surface area (Å²) in [7, 11) is 0. The molecule has 1 aromatic carbocycles. The smallest absolute Gasteiger partial charge is 0.242 e. The molecule has 0 fully saturated rings. The van der Waals surface area contributed by atoms with Crippen molar-refractivity contribution in [3.63, 3.8) is 0 Å². The Morgan fingerprint density at radius 2 is 1.96 bits per heavy atom. The first-order valence-electron chi connectivity index (χ1n) is 7.97. The van der Waals surface area contributed by atoms with Gasteiger partial charge in [0.15, 0.2) is 0 Å². The van der Waals surface area contributed by atoms with E-state index in [1.807, 2.05) is 19.9 Å². The zero-order valence-electron chi connectivity index (χ0n) is 14.3. The van der Waals surface area contributed by atoms with E-state index in [1.165, 1.54) is 16.8 Å². The van der Waals surface area contributed by atoms with E-state index < -0.39 is 18.7 Å². The maximum absolute atomic E-state index is 13.6. The SMILES string of the molecule is Cc1ccc(OCc2cn(-c3ccc(F)c(CC(F)F)c3)nn2)nc1C. The number of alkyl halides is 2. The average Bonchev–Trinajstić information content (AvgIpc) is 3.06. The fraction of sp³-hybridized carbons (Fsp3) is 0.278. The Labute approximate surface area is 148 Å². The van der Waals surface area contributed by atoms with Crippen molar-refractivity contribution in [2.75, 3.05) is 0 Å². The quantitative estimate of drug-likeness (QED) is 0.669. The standard InChI is InChI=1S/C18H17F3N4O/c1-11-3-6-18(22-12(11)2)26-10-14-9-25(24-23-14)15-4-5-16(19)13(7-15)8-17(20)21/h3-7,9,17H,8,10H2,1-2H3. The van der Waals surface area contributed by atoms with E-state index in [4.69, 9.17) is 4.74 Å². The van der Waals surface area contributed by atoms with Crippen LogP contribution in [0.25, 0.3) is 5.69 Å². The van der Waals surface area contributed by atoms with Gasteiger partial charge in [-0.2, -0.15) is 0 Å². The van der Waals surface area contributed by atoms with Crippen LogP contribution in [-0.2, 0) is 13.0 Å². The van der Waals surface area contributed by atoms with Crippen molar-refractivity contribution in [1.29, 1.82) is 0 Å². The van der Waals surface area contributed by atoms with Crippen LogP contribution in [-0.4, -0.2) is 26.4 Å². The van der Waals surface area contributed by atoms with E-state index in [0.717, 1.165) is 17.3 Å². The Hall–Kier alpha value is -2.90. The predicted molar refractivity (Wildman–Crippen MR) is 89.1 cm³/mol. The van der Waals surface area contributed by atoms with Crippen molar-refractivity contribution < 1.29 is 17.9 Å². The third-order valence-corrected chi connectivity index (χ3v) is 3.90. The van der Waals surface area contributed by atoms with Gasteiger partial charge in [-0.15, -0.1) is 5.10 Å². The Kier molecular flexibility index (Phi) is 5.20. The van der Waals surface area contributed by atoms with Gasteiger partial charge in [0, 0.05) is 18.2 Å². The molecule has 0 N–H and O–H groups in total. The summed E-state index contributed by atoms with van der Waals surface area (Å²) in [6, 6.07) is 7.62. The summed E-state index contributed by atoms with van der Waals surface area (Å²) >= 11 is 0. The van der Waals surface area contributed by atoms with Gasteiger partial charge in [0.2, 0.25) is 12.3 Å². The maximum atomic E-state index is 13.6. The van der Waals surface area contributed by atoms with Crippen LogP contribution in [0.1, 0.15) is 22.5 Å². The lowest BCUT2D eigenvalue weighted by molar-refractivity contribution is 0.148. The van der Waals surface area contributed by atoms with Gasteiger partial charge in [-0.3, -0.25) is 0 Å². The zero-order valence-corrected chi connectivity index (χ0v) is 14.3. The van der Waals surface area contributed by atoms with Crippen LogP contribution >= 0.6 is 0 Å². The highest BCUT2D eigenvalue weighted by Gasteiger charge is 2.12. The number of halogens is 3. The molecule has 26 heavy (non-hydrogen) atoms. The normalized spacial score (nSPS) is 11.2. The van der Waals surface area contributed by atoms with Crippen molar-refractivity contribution in [2.24, 2.45) is 0 Å². The molecule has 3 aromatic rings. The second kappa shape index (κ2) is 7.55. The monoisotopic (exact) mass is 362 g/mol. The minimum absolute atomic E-state index is 0.0647. The number of hydrogen-bond acceptors (Lipinski definition) is 4. The molecular formula is C18H17F3N4O. The van der Waals surface area contributed by atoms with E-state index in [9.17, 15) is 13.2 Å².